The highest BCUT2D eigenvalue weighted by molar-refractivity contribution is 5.90. The van der Waals surface area contributed by atoms with Gasteiger partial charge < -0.3 is 5.73 Å². The first-order valence-electron chi connectivity index (χ1n) is 11.4. The van der Waals surface area contributed by atoms with E-state index in [9.17, 15) is 0 Å². The zero-order valence-corrected chi connectivity index (χ0v) is 20.9. The predicted octanol–water partition coefficient (Wildman–Crippen LogP) is 8.50. The second-order valence-corrected chi connectivity index (χ2v) is 11.8. The highest BCUT2D eigenvalue weighted by atomic mass is 14.6. The molecule has 1 heteroatoms. The van der Waals surface area contributed by atoms with Crippen molar-refractivity contribution in [3.8, 4) is 22.3 Å². The maximum Gasteiger partial charge on any atom is 0.0473 e. The van der Waals surface area contributed by atoms with Gasteiger partial charge in [0.1, 0.15) is 0 Å². The third-order valence-electron chi connectivity index (χ3n) is 5.99. The van der Waals surface area contributed by atoms with E-state index in [1.165, 1.54) is 22.3 Å². The number of rotatable bonds is 2. The summed E-state index contributed by atoms with van der Waals surface area (Å²) in [4.78, 5) is 0. The molecule has 0 fully saturated rings. The van der Waals surface area contributed by atoms with Crippen LogP contribution in [-0.4, -0.2) is 0 Å². The molecule has 0 radical (unpaired) electrons. The van der Waals surface area contributed by atoms with Gasteiger partial charge in [-0.25, -0.2) is 0 Å². The van der Waals surface area contributed by atoms with Crippen molar-refractivity contribution in [2.45, 2.75) is 78.6 Å². The SMILES string of the molecule is CC(C)(C)c1ccc(-c2cccc(-c3ccccc3)c2N)c(C(C)(C)C)c1C(C)(C)C. The first kappa shape index (κ1) is 23.1. The highest BCUT2D eigenvalue weighted by Crippen LogP contribution is 2.47. The summed E-state index contributed by atoms with van der Waals surface area (Å²) >= 11 is 0. The fraction of sp³-hybridized carbons (Fsp3) is 0.400. The predicted molar refractivity (Wildman–Crippen MR) is 138 cm³/mol. The summed E-state index contributed by atoms with van der Waals surface area (Å²) in [6.07, 6.45) is 0. The number of nitrogen functional groups attached to an aromatic ring is 1. The van der Waals surface area contributed by atoms with Crippen LogP contribution < -0.4 is 5.73 Å². The van der Waals surface area contributed by atoms with Gasteiger partial charge in [0.2, 0.25) is 0 Å². The van der Waals surface area contributed by atoms with Gasteiger partial charge in [-0.3, -0.25) is 0 Å². The summed E-state index contributed by atoms with van der Waals surface area (Å²) in [7, 11) is 0. The highest BCUT2D eigenvalue weighted by Gasteiger charge is 2.34. The molecule has 0 atom stereocenters. The molecule has 164 valence electrons. The van der Waals surface area contributed by atoms with E-state index in [0.29, 0.717) is 0 Å². The monoisotopic (exact) mass is 413 g/mol. The largest absolute Gasteiger partial charge is 0.398 e. The first-order chi connectivity index (χ1) is 14.2. The second kappa shape index (κ2) is 7.86. The Balaban J connectivity index is 2.41. The van der Waals surface area contributed by atoms with Crippen LogP contribution in [0.4, 0.5) is 5.69 Å². The Morgan fingerprint density at radius 3 is 1.55 bits per heavy atom. The minimum atomic E-state index is -0.0194. The Morgan fingerprint density at radius 2 is 1.03 bits per heavy atom. The summed E-state index contributed by atoms with van der Waals surface area (Å²) in [6, 6.07) is 21.5. The summed E-state index contributed by atoms with van der Waals surface area (Å²) < 4.78 is 0. The molecular formula is C30H39N. The van der Waals surface area contributed by atoms with E-state index < -0.39 is 0 Å². The number of benzene rings is 3. The Kier molecular flexibility index (Phi) is 5.86. The van der Waals surface area contributed by atoms with Crippen LogP contribution in [0.5, 0.6) is 0 Å². The average molecular weight is 414 g/mol. The number of hydrogen-bond acceptors (Lipinski definition) is 1. The lowest BCUT2D eigenvalue weighted by molar-refractivity contribution is 0.499. The number of nitrogens with two attached hydrogens (primary N) is 1. The van der Waals surface area contributed by atoms with E-state index >= 15 is 0 Å². The standard InChI is InChI=1S/C30H39N/c1-28(2,3)24-19-18-22(25(29(4,5)6)26(24)30(7,8)9)23-17-13-16-21(27(23)31)20-14-11-10-12-15-20/h10-19H,31H2,1-9H3. The van der Waals surface area contributed by atoms with Crippen molar-refractivity contribution in [1.82, 2.24) is 0 Å². The molecule has 0 unspecified atom stereocenters. The van der Waals surface area contributed by atoms with Crippen molar-refractivity contribution in [2.75, 3.05) is 5.73 Å². The lowest BCUT2D eigenvalue weighted by Crippen LogP contribution is -2.28. The fourth-order valence-electron chi connectivity index (χ4n) is 4.68. The summed E-state index contributed by atoms with van der Waals surface area (Å²) in [6.45, 7) is 20.9. The molecule has 0 bridgehead atoms. The molecule has 0 aliphatic carbocycles. The van der Waals surface area contributed by atoms with Crippen molar-refractivity contribution in [2.24, 2.45) is 0 Å². The molecule has 0 heterocycles. The van der Waals surface area contributed by atoms with E-state index in [0.717, 1.165) is 22.4 Å². The van der Waals surface area contributed by atoms with E-state index in [1.54, 1.807) is 0 Å². The van der Waals surface area contributed by atoms with Gasteiger partial charge in [0.25, 0.3) is 0 Å². The minimum Gasteiger partial charge on any atom is -0.398 e. The zero-order chi connectivity index (χ0) is 23.2. The quantitative estimate of drug-likeness (QED) is 0.419. The van der Waals surface area contributed by atoms with Gasteiger partial charge in [0.15, 0.2) is 0 Å². The van der Waals surface area contributed by atoms with Gasteiger partial charge >= 0.3 is 0 Å². The molecule has 2 N–H and O–H groups in total. The van der Waals surface area contributed by atoms with Gasteiger partial charge in [-0.1, -0.05) is 123 Å². The van der Waals surface area contributed by atoms with Crippen LogP contribution >= 0.6 is 0 Å². The molecule has 0 saturated carbocycles. The molecule has 0 aliphatic rings. The summed E-state index contributed by atoms with van der Waals surface area (Å²) in [5, 5.41) is 0. The topological polar surface area (TPSA) is 26.0 Å². The van der Waals surface area contributed by atoms with Gasteiger partial charge in [-0.05, 0) is 44.1 Å². The third kappa shape index (κ3) is 4.56. The van der Waals surface area contributed by atoms with Gasteiger partial charge in [0, 0.05) is 16.8 Å². The molecule has 31 heavy (non-hydrogen) atoms. The summed E-state index contributed by atoms with van der Waals surface area (Å²) in [5.74, 6) is 0. The Morgan fingerprint density at radius 1 is 0.484 bits per heavy atom. The fourth-order valence-corrected chi connectivity index (χ4v) is 4.68. The third-order valence-corrected chi connectivity index (χ3v) is 5.99. The van der Waals surface area contributed by atoms with Gasteiger partial charge in [0.05, 0.1) is 0 Å². The Labute approximate surface area is 189 Å². The summed E-state index contributed by atoms with van der Waals surface area (Å²) in [5.41, 5.74) is 16.7. The molecule has 1 nitrogen and oxygen atoms in total. The molecule has 3 aromatic carbocycles. The molecular weight excluding hydrogens is 374 g/mol. The van der Waals surface area contributed by atoms with Gasteiger partial charge in [-0.15, -0.1) is 0 Å². The molecule has 0 amide bonds. The van der Waals surface area contributed by atoms with Crippen LogP contribution in [0.3, 0.4) is 0 Å². The maximum atomic E-state index is 6.84. The average Bonchev–Trinajstić information content (AvgIpc) is 2.65. The van der Waals surface area contributed by atoms with Gasteiger partial charge in [-0.2, -0.15) is 0 Å². The van der Waals surface area contributed by atoms with Crippen molar-refractivity contribution in [1.29, 1.82) is 0 Å². The lowest BCUT2D eigenvalue weighted by atomic mass is 9.66. The van der Waals surface area contributed by atoms with E-state index in [2.05, 4.69) is 117 Å². The normalized spacial score (nSPS) is 12.8. The van der Waals surface area contributed by atoms with Crippen LogP contribution in [0.2, 0.25) is 0 Å². The Hall–Kier alpha value is -2.54. The first-order valence-corrected chi connectivity index (χ1v) is 11.4. The molecule has 0 saturated heterocycles. The number of anilines is 1. The number of para-hydroxylation sites is 1. The van der Waals surface area contributed by atoms with Crippen molar-refractivity contribution in [3.05, 3.63) is 77.4 Å². The second-order valence-electron chi connectivity index (χ2n) is 11.8. The van der Waals surface area contributed by atoms with Crippen LogP contribution in [0.15, 0.2) is 60.7 Å². The van der Waals surface area contributed by atoms with Crippen LogP contribution in [-0.2, 0) is 16.2 Å². The molecule has 3 rings (SSSR count). The van der Waals surface area contributed by atoms with E-state index in [4.69, 9.17) is 5.73 Å². The molecule has 3 aromatic rings. The Bertz CT molecular complexity index is 1070. The lowest BCUT2D eigenvalue weighted by Gasteiger charge is -2.38. The van der Waals surface area contributed by atoms with E-state index in [-0.39, 0.29) is 16.2 Å². The van der Waals surface area contributed by atoms with Crippen LogP contribution in [0.25, 0.3) is 22.3 Å². The molecule has 0 aliphatic heterocycles. The smallest absolute Gasteiger partial charge is 0.0473 e. The van der Waals surface area contributed by atoms with Crippen molar-refractivity contribution < 1.29 is 0 Å². The van der Waals surface area contributed by atoms with Crippen molar-refractivity contribution in [3.63, 3.8) is 0 Å². The van der Waals surface area contributed by atoms with Crippen LogP contribution in [0.1, 0.15) is 79.0 Å². The maximum absolute atomic E-state index is 6.84. The zero-order valence-electron chi connectivity index (χ0n) is 20.9. The minimum absolute atomic E-state index is 0.0194. The molecule has 0 aromatic heterocycles. The van der Waals surface area contributed by atoms with Crippen LogP contribution in [0, 0.1) is 0 Å². The molecule has 0 spiro atoms. The van der Waals surface area contributed by atoms with Crippen molar-refractivity contribution >= 4 is 5.69 Å². The number of hydrogen-bond donors (Lipinski definition) is 1. The van der Waals surface area contributed by atoms with E-state index in [1.807, 2.05) is 6.07 Å².